The fourth-order valence-electron chi connectivity index (χ4n) is 3.84. The van der Waals surface area contributed by atoms with Crippen molar-refractivity contribution in [3.8, 4) is 0 Å². The fourth-order valence-corrected chi connectivity index (χ4v) is 4.20. The summed E-state index contributed by atoms with van der Waals surface area (Å²) in [4.78, 5) is 38.9. The normalized spacial score (nSPS) is 15.3. The predicted molar refractivity (Wildman–Crippen MR) is 105 cm³/mol. The minimum atomic E-state index is -0.429. The van der Waals surface area contributed by atoms with Gasteiger partial charge in [0, 0.05) is 10.5 Å². The zero-order chi connectivity index (χ0) is 19.0. The molecule has 3 aromatic rings. The Morgan fingerprint density at radius 2 is 1.93 bits per heavy atom. The predicted octanol–water partition coefficient (Wildman–Crippen LogP) is 3.91. The second-order valence-electron chi connectivity index (χ2n) is 6.90. The third-order valence-corrected chi connectivity index (χ3v) is 5.67. The lowest BCUT2D eigenvalue weighted by Gasteiger charge is -2.24. The number of benzene rings is 1. The Hall–Kier alpha value is -2.41. The zero-order valence-electron chi connectivity index (χ0n) is 14.7. The van der Waals surface area contributed by atoms with Crippen LogP contribution in [0.4, 0.5) is 0 Å². The third-order valence-electron chi connectivity index (χ3n) is 5.17. The standard InChI is InChI=1S/C20H19BrN2O4/c21-13-8-9-16-15(11-13)19(25)23(14-5-2-1-3-6-14)20(26)22(16)12-17(24)18-7-4-10-27-18/h4,7-11,14H,1-3,5-6,12H2. The van der Waals surface area contributed by atoms with Gasteiger partial charge in [-0.25, -0.2) is 4.79 Å². The lowest BCUT2D eigenvalue weighted by atomic mass is 9.95. The molecule has 0 saturated heterocycles. The molecule has 7 heteroatoms. The van der Waals surface area contributed by atoms with Crippen LogP contribution in [-0.2, 0) is 6.54 Å². The highest BCUT2D eigenvalue weighted by Gasteiger charge is 2.23. The van der Waals surface area contributed by atoms with Gasteiger partial charge in [0.2, 0.25) is 5.78 Å². The van der Waals surface area contributed by atoms with Crippen molar-refractivity contribution in [3.05, 3.63) is 67.7 Å². The summed E-state index contributed by atoms with van der Waals surface area (Å²) in [5.74, 6) is -0.109. The van der Waals surface area contributed by atoms with Crippen LogP contribution in [0.5, 0.6) is 0 Å². The van der Waals surface area contributed by atoms with Crippen LogP contribution in [0.15, 0.2) is 55.1 Å². The summed E-state index contributed by atoms with van der Waals surface area (Å²) in [6.45, 7) is -0.169. The molecular weight excluding hydrogens is 412 g/mol. The molecule has 1 aliphatic rings. The van der Waals surface area contributed by atoms with Crippen LogP contribution in [0.3, 0.4) is 0 Å². The molecule has 0 aliphatic heterocycles. The number of hydrogen-bond donors (Lipinski definition) is 0. The number of nitrogens with zero attached hydrogens (tertiary/aromatic N) is 2. The quantitative estimate of drug-likeness (QED) is 0.588. The van der Waals surface area contributed by atoms with Crippen molar-refractivity contribution in [2.24, 2.45) is 0 Å². The van der Waals surface area contributed by atoms with Crippen LogP contribution in [-0.4, -0.2) is 14.9 Å². The van der Waals surface area contributed by atoms with Crippen LogP contribution in [0.25, 0.3) is 10.9 Å². The second kappa shape index (κ2) is 7.31. The van der Waals surface area contributed by atoms with Crippen molar-refractivity contribution >= 4 is 32.6 Å². The van der Waals surface area contributed by atoms with Gasteiger partial charge in [0.15, 0.2) is 5.76 Å². The number of hydrogen-bond acceptors (Lipinski definition) is 4. The number of rotatable bonds is 4. The molecule has 1 fully saturated rings. The molecule has 0 N–H and O–H groups in total. The van der Waals surface area contributed by atoms with Gasteiger partial charge in [-0.2, -0.15) is 0 Å². The molecule has 27 heavy (non-hydrogen) atoms. The van der Waals surface area contributed by atoms with Crippen LogP contribution < -0.4 is 11.2 Å². The lowest BCUT2D eigenvalue weighted by molar-refractivity contribution is 0.0943. The monoisotopic (exact) mass is 430 g/mol. The molecule has 0 bridgehead atoms. The van der Waals surface area contributed by atoms with Crippen molar-refractivity contribution in [1.29, 1.82) is 0 Å². The first-order chi connectivity index (χ1) is 13.1. The second-order valence-corrected chi connectivity index (χ2v) is 7.81. The van der Waals surface area contributed by atoms with Crippen molar-refractivity contribution in [2.75, 3.05) is 0 Å². The molecule has 140 valence electrons. The van der Waals surface area contributed by atoms with Gasteiger partial charge in [-0.05, 0) is 43.2 Å². The van der Waals surface area contributed by atoms with Crippen molar-refractivity contribution < 1.29 is 9.21 Å². The highest BCUT2D eigenvalue weighted by atomic mass is 79.9. The average molecular weight is 431 g/mol. The third kappa shape index (κ3) is 3.32. The minimum absolute atomic E-state index is 0.118. The number of ketones is 1. The van der Waals surface area contributed by atoms with E-state index in [9.17, 15) is 14.4 Å². The van der Waals surface area contributed by atoms with E-state index in [0.29, 0.717) is 10.9 Å². The van der Waals surface area contributed by atoms with Crippen molar-refractivity contribution in [1.82, 2.24) is 9.13 Å². The summed E-state index contributed by atoms with van der Waals surface area (Å²) in [6, 6.07) is 8.26. The Bertz CT molecular complexity index is 1110. The molecule has 1 aliphatic carbocycles. The largest absolute Gasteiger partial charge is 0.461 e. The van der Waals surface area contributed by atoms with Gasteiger partial charge >= 0.3 is 5.69 Å². The highest BCUT2D eigenvalue weighted by molar-refractivity contribution is 9.10. The summed E-state index contributed by atoms with van der Waals surface area (Å²) < 4.78 is 8.66. The van der Waals surface area contributed by atoms with E-state index in [4.69, 9.17) is 4.42 Å². The van der Waals surface area contributed by atoms with Gasteiger partial charge in [0.1, 0.15) is 0 Å². The summed E-state index contributed by atoms with van der Waals surface area (Å²) in [7, 11) is 0. The number of halogens is 1. The number of Topliss-reactive ketones (excluding diaryl/α,β-unsaturated/α-hetero) is 1. The van der Waals surface area contributed by atoms with Gasteiger partial charge in [-0.15, -0.1) is 0 Å². The van der Waals surface area contributed by atoms with E-state index >= 15 is 0 Å². The molecule has 1 saturated carbocycles. The molecule has 2 aromatic heterocycles. The van der Waals surface area contributed by atoms with Gasteiger partial charge in [0.05, 0.1) is 23.7 Å². The molecule has 0 radical (unpaired) electrons. The summed E-state index contributed by atoms with van der Waals surface area (Å²) in [5, 5.41) is 0.432. The molecular formula is C20H19BrN2O4. The van der Waals surface area contributed by atoms with E-state index < -0.39 is 5.69 Å². The van der Waals surface area contributed by atoms with Crippen LogP contribution >= 0.6 is 15.9 Å². The first-order valence-corrected chi connectivity index (χ1v) is 9.87. The van der Waals surface area contributed by atoms with E-state index in [2.05, 4.69) is 15.9 Å². The summed E-state index contributed by atoms with van der Waals surface area (Å²) in [6.07, 6.45) is 6.15. The lowest BCUT2D eigenvalue weighted by Crippen LogP contribution is -2.43. The van der Waals surface area contributed by atoms with Gasteiger partial charge < -0.3 is 4.42 Å². The Morgan fingerprint density at radius 3 is 2.63 bits per heavy atom. The van der Waals surface area contributed by atoms with E-state index in [-0.39, 0.29) is 29.7 Å². The van der Waals surface area contributed by atoms with Gasteiger partial charge in [-0.3, -0.25) is 18.7 Å². The maximum Gasteiger partial charge on any atom is 0.332 e. The highest BCUT2D eigenvalue weighted by Crippen LogP contribution is 2.26. The van der Waals surface area contributed by atoms with Crippen LogP contribution in [0.1, 0.15) is 48.7 Å². The van der Waals surface area contributed by atoms with E-state index in [1.54, 1.807) is 30.3 Å². The Kier molecular flexibility index (Phi) is 4.86. The number of furan rings is 1. The van der Waals surface area contributed by atoms with Crippen LogP contribution in [0, 0.1) is 0 Å². The topological polar surface area (TPSA) is 74.2 Å². The Morgan fingerprint density at radius 1 is 1.15 bits per heavy atom. The molecule has 6 nitrogen and oxygen atoms in total. The molecule has 0 amide bonds. The number of fused-ring (bicyclic) bond motifs is 1. The minimum Gasteiger partial charge on any atom is -0.461 e. The van der Waals surface area contributed by atoms with Gasteiger partial charge in [0.25, 0.3) is 5.56 Å². The fraction of sp³-hybridized carbons (Fsp3) is 0.350. The van der Waals surface area contributed by atoms with E-state index in [0.717, 1.165) is 36.6 Å². The summed E-state index contributed by atoms with van der Waals surface area (Å²) >= 11 is 3.40. The first-order valence-electron chi connectivity index (χ1n) is 9.07. The van der Waals surface area contributed by atoms with E-state index in [1.165, 1.54) is 15.4 Å². The van der Waals surface area contributed by atoms with Crippen molar-refractivity contribution in [3.63, 3.8) is 0 Å². The molecule has 0 atom stereocenters. The zero-order valence-corrected chi connectivity index (χ0v) is 16.3. The summed E-state index contributed by atoms with van der Waals surface area (Å²) in [5.41, 5.74) is -0.258. The van der Waals surface area contributed by atoms with Crippen LogP contribution in [0.2, 0.25) is 0 Å². The molecule has 2 heterocycles. The Balaban J connectivity index is 1.92. The molecule has 1 aromatic carbocycles. The van der Waals surface area contributed by atoms with Crippen molar-refractivity contribution in [2.45, 2.75) is 44.7 Å². The average Bonchev–Trinajstić information content (AvgIpc) is 3.21. The smallest absolute Gasteiger partial charge is 0.332 e. The number of aromatic nitrogens is 2. The number of carbonyl (C=O) groups is 1. The number of carbonyl (C=O) groups excluding carboxylic acids is 1. The Labute approximate surface area is 163 Å². The first kappa shape index (κ1) is 18.0. The molecule has 0 spiro atoms. The maximum absolute atomic E-state index is 13.2. The molecule has 4 rings (SSSR count). The van der Waals surface area contributed by atoms with Gasteiger partial charge in [-0.1, -0.05) is 35.2 Å². The SMILES string of the molecule is O=C(Cn1c(=O)n(C2CCCCC2)c(=O)c2cc(Br)ccc21)c1ccco1. The van der Waals surface area contributed by atoms with E-state index in [1.807, 2.05) is 0 Å². The maximum atomic E-state index is 13.2. The molecule has 0 unspecified atom stereocenters.